The number of hydrogen-bond donors (Lipinski definition) is 2. The number of aryl methyl sites for hydroxylation is 1. The van der Waals surface area contributed by atoms with E-state index in [-0.39, 0.29) is 5.91 Å². The number of carbonyl (C=O) groups excluding carboxylic acids is 1. The van der Waals surface area contributed by atoms with E-state index in [1.165, 1.54) is 11.3 Å². The molecule has 1 saturated heterocycles. The van der Waals surface area contributed by atoms with Crippen LogP contribution in [0.5, 0.6) is 0 Å². The fourth-order valence-corrected chi connectivity index (χ4v) is 4.06. The monoisotopic (exact) mass is 444 g/mol. The van der Waals surface area contributed by atoms with Gasteiger partial charge in [0.1, 0.15) is 0 Å². The van der Waals surface area contributed by atoms with Crippen LogP contribution in [0, 0.1) is 6.92 Å². The minimum Gasteiger partial charge on any atom is -0.369 e. The minimum absolute atomic E-state index is 0.195. The molecule has 0 aromatic heterocycles. The molecule has 2 rings (SSSR count). The third kappa shape index (κ3) is 9.07. The number of aliphatic imine (C=N–C) groups is 1. The summed E-state index contributed by atoms with van der Waals surface area (Å²) in [4.78, 5) is 23.7. The number of nitrogens with one attached hydrogen (secondary N) is 2. The van der Waals surface area contributed by atoms with Crippen molar-refractivity contribution >= 4 is 17.6 Å². The molecule has 0 bridgehead atoms. The number of anilines is 1. The van der Waals surface area contributed by atoms with Crippen molar-refractivity contribution in [2.75, 3.05) is 70.3 Å². The van der Waals surface area contributed by atoms with E-state index in [0.29, 0.717) is 13.0 Å². The lowest BCUT2D eigenvalue weighted by atomic mass is 10.2. The quantitative estimate of drug-likeness (QED) is 0.295. The lowest BCUT2D eigenvalue weighted by Crippen LogP contribution is -2.46. The van der Waals surface area contributed by atoms with Crippen molar-refractivity contribution in [1.82, 2.24) is 20.4 Å². The smallest absolute Gasteiger partial charge is 0.224 e. The van der Waals surface area contributed by atoms with Crippen LogP contribution in [-0.2, 0) is 4.79 Å². The summed E-state index contributed by atoms with van der Waals surface area (Å²) in [6.07, 6.45) is 2.74. The third-order valence-electron chi connectivity index (χ3n) is 5.98. The highest BCUT2D eigenvalue weighted by Crippen LogP contribution is 2.17. The van der Waals surface area contributed by atoms with Gasteiger partial charge in [0.25, 0.3) is 0 Å². The molecule has 0 saturated carbocycles. The molecule has 0 spiro atoms. The predicted octanol–water partition coefficient (Wildman–Crippen LogP) is 2.71. The molecule has 0 unspecified atom stereocenters. The Bertz CT molecular complexity index is 695. The molecule has 1 heterocycles. The van der Waals surface area contributed by atoms with E-state index in [4.69, 9.17) is 0 Å². The third-order valence-corrected chi connectivity index (χ3v) is 5.98. The summed E-state index contributed by atoms with van der Waals surface area (Å²) < 4.78 is 0. The normalized spacial score (nSPS) is 15.0. The minimum atomic E-state index is 0.195. The standard InChI is InChI=1S/C25H44N6O/c1-5-26-25(28-15-13-24(32)30(6-2)7-3)27-14-8-9-16-29-17-19-31(20-18-29)23-12-10-11-22(4)21-23/h10-12,21H,5-9,13-20H2,1-4H3,(H2,26,27,28). The number of piperazine rings is 1. The maximum Gasteiger partial charge on any atom is 0.224 e. The highest BCUT2D eigenvalue weighted by molar-refractivity contribution is 5.81. The number of carbonyl (C=O) groups is 1. The van der Waals surface area contributed by atoms with Gasteiger partial charge in [-0.25, -0.2) is 0 Å². The van der Waals surface area contributed by atoms with E-state index >= 15 is 0 Å². The molecule has 7 heteroatoms. The first-order valence-corrected chi connectivity index (χ1v) is 12.4. The number of benzene rings is 1. The maximum atomic E-state index is 12.1. The van der Waals surface area contributed by atoms with Crippen LogP contribution in [-0.4, -0.2) is 87.1 Å². The zero-order valence-electron chi connectivity index (χ0n) is 20.7. The van der Waals surface area contributed by atoms with Gasteiger partial charge in [0, 0.05) is 71.0 Å². The van der Waals surface area contributed by atoms with Gasteiger partial charge < -0.3 is 20.4 Å². The Balaban J connectivity index is 1.62. The van der Waals surface area contributed by atoms with Crippen LogP contribution in [0.2, 0.25) is 0 Å². The van der Waals surface area contributed by atoms with E-state index in [2.05, 4.69) is 63.5 Å². The second-order valence-electron chi connectivity index (χ2n) is 8.38. The van der Waals surface area contributed by atoms with Crippen molar-refractivity contribution < 1.29 is 4.79 Å². The molecule has 1 amide bonds. The first-order valence-electron chi connectivity index (χ1n) is 12.4. The summed E-state index contributed by atoms with van der Waals surface area (Å²) in [7, 11) is 0. The second-order valence-corrected chi connectivity index (χ2v) is 8.38. The Morgan fingerprint density at radius 1 is 1.06 bits per heavy atom. The largest absolute Gasteiger partial charge is 0.369 e. The van der Waals surface area contributed by atoms with E-state index in [9.17, 15) is 4.79 Å². The predicted molar refractivity (Wildman–Crippen MR) is 136 cm³/mol. The Morgan fingerprint density at radius 3 is 2.47 bits per heavy atom. The fraction of sp³-hybridized carbons (Fsp3) is 0.680. The number of amides is 1. The average Bonchev–Trinajstić information content (AvgIpc) is 2.80. The molecule has 32 heavy (non-hydrogen) atoms. The first-order chi connectivity index (χ1) is 15.6. The Labute approximate surface area is 195 Å². The van der Waals surface area contributed by atoms with Gasteiger partial charge in [-0.05, 0) is 64.8 Å². The molecule has 0 atom stereocenters. The Hall–Kier alpha value is -2.28. The summed E-state index contributed by atoms with van der Waals surface area (Å²) >= 11 is 0. The van der Waals surface area contributed by atoms with Gasteiger partial charge in [-0.2, -0.15) is 0 Å². The Morgan fingerprint density at radius 2 is 1.81 bits per heavy atom. The van der Waals surface area contributed by atoms with Crippen LogP contribution >= 0.6 is 0 Å². The van der Waals surface area contributed by atoms with E-state index < -0.39 is 0 Å². The number of nitrogens with zero attached hydrogens (tertiary/aromatic N) is 4. The summed E-state index contributed by atoms with van der Waals surface area (Å²) in [5.41, 5.74) is 2.67. The first kappa shape index (κ1) is 26.0. The number of rotatable bonds is 12. The summed E-state index contributed by atoms with van der Waals surface area (Å²) in [6, 6.07) is 8.81. The summed E-state index contributed by atoms with van der Waals surface area (Å²) in [5.74, 6) is 1.01. The van der Waals surface area contributed by atoms with Gasteiger partial charge in [0.05, 0.1) is 0 Å². The molecule has 1 aromatic carbocycles. The zero-order chi connectivity index (χ0) is 23.2. The van der Waals surface area contributed by atoms with E-state index in [0.717, 1.165) is 77.7 Å². The highest BCUT2D eigenvalue weighted by Gasteiger charge is 2.16. The molecule has 2 N–H and O–H groups in total. The molecule has 1 aliphatic rings. The van der Waals surface area contributed by atoms with Gasteiger partial charge in [-0.3, -0.25) is 14.7 Å². The van der Waals surface area contributed by atoms with E-state index in [1.54, 1.807) is 0 Å². The summed E-state index contributed by atoms with van der Waals surface area (Å²) in [6.45, 7) is 17.6. The molecule has 1 fully saturated rings. The van der Waals surface area contributed by atoms with Crippen molar-refractivity contribution in [2.45, 2.75) is 47.0 Å². The Kier molecular flexibility index (Phi) is 11.9. The van der Waals surface area contributed by atoms with Gasteiger partial charge in [0.2, 0.25) is 5.91 Å². The van der Waals surface area contributed by atoms with Crippen LogP contribution in [0.15, 0.2) is 29.3 Å². The molecular formula is C25H44N6O. The molecule has 0 radical (unpaired) electrons. The lowest BCUT2D eigenvalue weighted by molar-refractivity contribution is -0.130. The molecule has 7 nitrogen and oxygen atoms in total. The number of guanidine groups is 1. The van der Waals surface area contributed by atoms with Crippen molar-refractivity contribution in [1.29, 1.82) is 0 Å². The average molecular weight is 445 g/mol. The number of hydrogen-bond acceptors (Lipinski definition) is 4. The molecule has 0 aliphatic carbocycles. The van der Waals surface area contributed by atoms with Gasteiger partial charge >= 0.3 is 0 Å². The van der Waals surface area contributed by atoms with Crippen LogP contribution in [0.3, 0.4) is 0 Å². The highest BCUT2D eigenvalue weighted by atomic mass is 16.2. The van der Waals surface area contributed by atoms with E-state index in [1.807, 2.05) is 18.7 Å². The molecule has 180 valence electrons. The van der Waals surface area contributed by atoms with Crippen molar-refractivity contribution in [3.05, 3.63) is 29.8 Å². The summed E-state index contributed by atoms with van der Waals surface area (Å²) in [5, 5.41) is 6.57. The second kappa shape index (κ2) is 14.7. The molecule has 1 aliphatic heterocycles. The van der Waals surface area contributed by atoms with Crippen molar-refractivity contribution in [3.63, 3.8) is 0 Å². The SMILES string of the molecule is CCNC(=NCCCCN1CCN(c2cccc(C)c2)CC1)NCCC(=O)N(CC)CC. The zero-order valence-corrected chi connectivity index (χ0v) is 20.7. The molecule has 1 aromatic rings. The van der Waals surface area contributed by atoms with Crippen molar-refractivity contribution in [2.24, 2.45) is 4.99 Å². The van der Waals surface area contributed by atoms with Gasteiger partial charge in [-0.1, -0.05) is 12.1 Å². The van der Waals surface area contributed by atoms with Crippen LogP contribution in [0.1, 0.15) is 45.6 Å². The number of unbranched alkanes of at least 4 members (excludes halogenated alkanes) is 1. The van der Waals surface area contributed by atoms with Gasteiger partial charge in [0.15, 0.2) is 5.96 Å². The van der Waals surface area contributed by atoms with Crippen LogP contribution in [0.4, 0.5) is 5.69 Å². The van der Waals surface area contributed by atoms with Crippen LogP contribution < -0.4 is 15.5 Å². The maximum absolute atomic E-state index is 12.1. The topological polar surface area (TPSA) is 63.2 Å². The van der Waals surface area contributed by atoms with Crippen LogP contribution in [0.25, 0.3) is 0 Å². The van der Waals surface area contributed by atoms with Gasteiger partial charge in [-0.15, -0.1) is 0 Å². The fourth-order valence-electron chi connectivity index (χ4n) is 4.06. The lowest BCUT2D eigenvalue weighted by Gasteiger charge is -2.36. The van der Waals surface area contributed by atoms with Crippen molar-refractivity contribution in [3.8, 4) is 0 Å². The molecular weight excluding hydrogens is 400 g/mol.